The number of aliphatic hydroxyl groups excluding tert-OH is 1. The smallest absolute Gasteiger partial charge is 0.546 e. The van der Waals surface area contributed by atoms with Gasteiger partial charge in [0.05, 0.1) is 19.2 Å². The number of methoxy groups -OCH3 is 1. The summed E-state index contributed by atoms with van der Waals surface area (Å²) in [7, 11) is 1.14. The second-order valence-corrected chi connectivity index (χ2v) is 9.79. The molecule has 7 atom stereocenters. The van der Waals surface area contributed by atoms with Crippen molar-refractivity contribution in [2.24, 2.45) is 28.6 Å². The number of fused-ring (bicyclic) bond motifs is 5. The van der Waals surface area contributed by atoms with E-state index in [9.17, 15) is 24.6 Å². The van der Waals surface area contributed by atoms with E-state index in [-0.39, 0.29) is 71.4 Å². The number of hydrogen-bond acceptors (Lipinski definition) is 7. The SMILES string of the molecule is COC(=O)OC1(C(=O)[O-])CC[C@H]2[C@@H]3CCC4=CC(=O)CC[C@]4(C)[C@@H]3C(O)C[C@@]21C.[Na+]. The van der Waals surface area contributed by atoms with E-state index in [2.05, 4.69) is 11.7 Å². The Morgan fingerprint density at radius 3 is 2.53 bits per heavy atom. The van der Waals surface area contributed by atoms with Crippen LogP contribution < -0.4 is 34.7 Å². The zero-order valence-electron chi connectivity index (χ0n) is 18.2. The molecule has 0 aromatic rings. The average molecular weight is 428 g/mol. The Bertz CT molecular complexity index is 794. The number of carboxylic acids is 1. The van der Waals surface area contributed by atoms with Crippen LogP contribution in [0.1, 0.15) is 58.8 Å². The number of rotatable bonds is 2. The molecule has 0 aliphatic heterocycles. The van der Waals surface area contributed by atoms with Gasteiger partial charge in [0.15, 0.2) is 11.4 Å². The summed E-state index contributed by atoms with van der Waals surface area (Å²) in [5, 5.41) is 23.6. The molecule has 0 spiro atoms. The first kappa shape index (κ1) is 23.8. The summed E-state index contributed by atoms with van der Waals surface area (Å²) in [6.07, 6.45) is 3.68. The first-order chi connectivity index (χ1) is 13.6. The van der Waals surface area contributed by atoms with Gasteiger partial charge in [-0.1, -0.05) is 19.4 Å². The predicted octanol–water partition coefficient (Wildman–Crippen LogP) is -1.24. The third kappa shape index (κ3) is 3.11. The summed E-state index contributed by atoms with van der Waals surface area (Å²) in [6.45, 7) is 3.95. The minimum atomic E-state index is -1.81. The molecule has 0 aromatic carbocycles. The van der Waals surface area contributed by atoms with Gasteiger partial charge < -0.3 is 24.5 Å². The molecule has 3 saturated carbocycles. The molecule has 4 rings (SSSR count). The molecular formula is C22H29NaO7. The minimum Gasteiger partial charge on any atom is -0.546 e. The van der Waals surface area contributed by atoms with Gasteiger partial charge in [0.2, 0.25) is 0 Å². The van der Waals surface area contributed by atoms with Crippen LogP contribution in [-0.4, -0.2) is 41.8 Å². The van der Waals surface area contributed by atoms with Gasteiger partial charge in [-0.15, -0.1) is 0 Å². The fourth-order valence-corrected chi connectivity index (χ4v) is 7.40. The summed E-state index contributed by atoms with van der Waals surface area (Å²) >= 11 is 0. The summed E-state index contributed by atoms with van der Waals surface area (Å²) in [5.74, 6) is -1.24. The fourth-order valence-electron chi connectivity index (χ4n) is 7.40. The van der Waals surface area contributed by atoms with Crippen molar-refractivity contribution in [3.8, 4) is 0 Å². The van der Waals surface area contributed by atoms with Crippen molar-refractivity contribution in [2.45, 2.75) is 70.5 Å². The summed E-state index contributed by atoms with van der Waals surface area (Å²) in [5.41, 5.74) is -1.89. The number of carbonyl (C=O) groups excluding carboxylic acids is 3. The maximum atomic E-state index is 12.3. The van der Waals surface area contributed by atoms with Crippen molar-refractivity contribution in [1.29, 1.82) is 0 Å². The number of aliphatic carboxylic acids is 1. The van der Waals surface area contributed by atoms with Crippen LogP contribution in [0, 0.1) is 28.6 Å². The Balaban J connectivity index is 0.00000256. The Morgan fingerprint density at radius 2 is 1.90 bits per heavy atom. The normalized spacial score (nSPS) is 44.5. The van der Waals surface area contributed by atoms with E-state index in [4.69, 9.17) is 4.74 Å². The first-order valence-electron chi connectivity index (χ1n) is 10.5. The zero-order chi connectivity index (χ0) is 21.2. The predicted molar refractivity (Wildman–Crippen MR) is 99.3 cm³/mol. The topological polar surface area (TPSA) is 113 Å². The van der Waals surface area contributed by atoms with Crippen molar-refractivity contribution in [1.82, 2.24) is 0 Å². The molecule has 4 aliphatic carbocycles. The van der Waals surface area contributed by atoms with Crippen molar-refractivity contribution in [3.63, 3.8) is 0 Å². The van der Waals surface area contributed by atoms with Gasteiger partial charge in [0.1, 0.15) is 0 Å². The molecule has 1 N–H and O–H groups in total. The molecule has 30 heavy (non-hydrogen) atoms. The van der Waals surface area contributed by atoms with Crippen molar-refractivity contribution >= 4 is 17.9 Å². The molecule has 3 fully saturated rings. The van der Waals surface area contributed by atoms with Crippen LogP contribution in [0.5, 0.6) is 0 Å². The molecule has 0 radical (unpaired) electrons. The maximum Gasteiger partial charge on any atom is 1.00 e. The number of carbonyl (C=O) groups is 3. The third-order valence-corrected chi connectivity index (χ3v) is 8.77. The molecule has 0 saturated heterocycles. The van der Waals surface area contributed by atoms with Gasteiger partial charge in [-0.05, 0) is 67.8 Å². The second-order valence-electron chi connectivity index (χ2n) is 9.79. The summed E-state index contributed by atoms with van der Waals surface area (Å²) < 4.78 is 9.95. The summed E-state index contributed by atoms with van der Waals surface area (Å²) in [6, 6.07) is 0. The number of aliphatic hydroxyl groups is 1. The zero-order valence-corrected chi connectivity index (χ0v) is 20.2. The standard InChI is InChI=1S/C22H30O7.Na/c1-20-8-6-13(23)10-12(20)4-5-14-15-7-9-22(18(25)26,29-19(27)28-3)21(15,2)11-16(24)17(14)20;/h10,14-17,24H,4-9,11H2,1-3H3,(H,25,26);/q;+1/p-1/t14-,15-,16?,17-,20-,21-,22?;/m0./s1. The van der Waals surface area contributed by atoms with E-state index in [0.717, 1.165) is 25.5 Å². The van der Waals surface area contributed by atoms with Crippen molar-refractivity contribution in [3.05, 3.63) is 11.6 Å². The van der Waals surface area contributed by atoms with Crippen LogP contribution in [0.3, 0.4) is 0 Å². The van der Waals surface area contributed by atoms with E-state index in [1.54, 1.807) is 13.0 Å². The Labute approximate surface area is 198 Å². The molecule has 0 bridgehead atoms. The van der Waals surface area contributed by atoms with Crippen molar-refractivity contribution < 1.29 is 63.6 Å². The van der Waals surface area contributed by atoms with Gasteiger partial charge in [-0.3, -0.25) is 4.79 Å². The molecule has 160 valence electrons. The number of carboxylic acid groups (broad SMARTS) is 1. The Kier molecular flexibility index (Phi) is 6.27. The second kappa shape index (κ2) is 7.91. The number of ketones is 1. The van der Waals surface area contributed by atoms with Crippen LogP contribution in [-0.2, 0) is 19.1 Å². The van der Waals surface area contributed by atoms with Gasteiger partial charge in [0, 0.05) is 11.8 Å². The minimum absolute atomic E-state index is 0. The molecular weight excluding hydrogens is 399 g/mol. The van der Waals surface area contributed by atoms with Crippen LogP contribution in [0.15, 0.2) is 11.6 Å². The Morgan fingerprint density at radius 1 is 1.20 bits per heavy atom. The van der Waals surface area contributed by atoms with Crippen molar-refractivity contribution in [2.75, 3.05) is 7.11 Å². The third-order valence-electron chi connectivity index (χ3n) is 8.77. The number of allylic oxidation sites excluding steroid dienone is 1. The average Bonchev–Trinajstić information content (AvgIpc) is 2.94. The van der Waals surface area contributed by atoms with Gasteiger partial charge in [0.25, 0.3) is 0 Å². The molecule has 0 aromatic heterocycles. The van der Waals surface area contributed by atoms with Crippen LogP contribution in [0.4, 0.5) is 4.79 Å². The quantitative estimate of drug-likeness (QED) is 0.433. The molecule has 4 aliphatic rings. The van der Waals surface area contributed by atoms with E-state index in [1.165, 1.54) is 0 Å². The van der Waals surface area contributed by atoms with Gasteiger partial charge in [-0.25, -0.2) is 4.79 Å². The van der Waals surface area contributed by atoms with Gasteiger partial charge in [-0.2, -0.15) is 0 Å². The van der Waals surface area contributed by atoms with Crippen LogP contribution in [0.25, 0.3) is 0 Å². The van der Waals surface area contributed by atoms with E-state index >= 15 is 0 Å². The fraction of sp³-hybridized carbons (Fsp3) is 0.773. The summed E-state index contributed by atoms with van der Waals surface area (Å²) in [4.78, 5) is 36.1. The van der Waals surface area contributed by atoms with E-state index in [0.29, 0.717) is 19.3 Å². The first-order valence-corrected chi connectivity index (χ1v) is 10.5. The molecule has 0 amide bonds. The van der Waals surface area contributed by atoms with Crippen LogP contribution in [0.2, 0.25) is 0 Å². The number of hydrogen-bond donors (Lipinski definition) is 1. The Hall–Kier alpha value is -0.890. The largest absolute Gasteiger partial charge is 1.00 e. The van der Waals surface area contributed by atoms with E-state index < -0.39 is 29.2 Å². The van der Waals surface area contributed by atoms with Gasteiger partial charge >= 0.3 is 35.7 Å². The molecule has 0 heterocycles. The molecule has 8 heteroatoms. The maximum absolute atomic E-state index is 12.3. The van der Waals surface area contributed by atoms with Crippen LogP contribution >= 0.6 is 0 Å². The monoisotopic (exact) mass is 428 g/mol. The van der Waals surface area contributed by atoms with E-state index in [1.807, 2.05) is 0 Å². The molecule has 7 nitrogen and oxygen atoms in total. The number of ether oxygens (including phenoxy) is 2. The molecule has 2 unspecified atom stereocenters.